The van der Waals surface area contributed by atoms with Crippen molar-refractivity contribution < 1.29 is 78.8 Å². The van der Waals surface area contributed by atoms with Crippen LogP contribution in [0.25, 0.3) is 4.85 Å². The van der Waals surface area contributed by atoms with Crippen LogP contribution in [0.2, 0.25) is 0 Å². The van der Waals surface area contributed by atoms with Gasteiger partial charge in [0, 0.05) is 44.5 Å². The number of carbonyl (C=O) groups excluding carboxylic acids is 6. The number of cyclic esters (lactones) is 1. The zero-order valence-electron chi connectivity index (χ0n) is 48.2. The van der Waals surface area contributed by atoms with E-state index in [4.69, 9.17) is 30.3 Å². The normalized spacial score (nSPS) is 17.7. The van der Waals surface area contributed by atoms with Crippen molar-refractivity contribution in [1.82, 2.24) is 25.3 Å². The fraction of sp³-hybridized carbons (Fsp3) is 0.297. The van der Waals surface area contributed by atoms with E-state index in [2.05, 4.69) is 25.3 Å². The number of carbonyl (C=O) groups is 6. The fourth-order valence-electron chi connectivity index (χ4n) is 10.4. The third kappa shape index (κ3) is 16.0. The maximum atomic E-state index is 14.0. The number of imide groups is 2. The molecule has 0 radical (unpaired) electrons. The van der Waals surface area contributed by atoms with Gasteiger partial charge in [-0.05, 0) is 129 Å². The molecular weight excluding hydrogens is 1160 g/mol. The second kappa shape index (κ2) is 29.6. The minimum absolute atomic E-state index is 0.0125. The summed E-state index contributed by atoms with van der Waals surface area (Å²) in [5, 5.41) is 5.49. The largest absolute Gasteiger partial charge is 0.466 e. The number of para-hydroxylation sites is 2. The summed E-state index contributed by atoms with van der Waals surface area (Å²) in [6.07, 6.45) is 1.07. The van der Waals surface area contributed by atoms with Crippen molar-refractivity contribution in [3.05, 3.63) is 213 Å². The number of halogens is 6. The van der Waals surface area contributed by atoms with E-state index in [0.29, 0.717) is 22.2 Å². The first-order valence-electron chi connectivity index (χ1n) is 27.8. The van der Waals surface area contributed by atoms with Crippen molar-refractivity contribution in [3.8, 4) is 11.5 Å². The van der Waals surface area contributed by atoms with E-state index >= 15 is 0 Å². The van der Waals surface area contributed by atoms with Gasteiger partial charge in [0.1, 0.15) is 30.2 Å². The summed E-state index contributed by atoms with van der Waals surface area (Å²) in [6.45, 7) is 14.4. The lowest BCUT2D eigenvalue weighted by Gasteiger charge is -2.43. The van der Waals surface area contributed by atoms with Crippen molar-refractivity contribution in [1.29, 1.82) is 0 Å². The Balaban J connectivity index is 0.000000173. The van der Waals surface area contributed by atoms with Crippen LogP contribution in [0.15, 0.2) is 139 Å². The van der Waals surface area contributed by atoms with Crippen LogP contribution in [0.4, 0.5) is 56.9 Å². The SMILES string of the molecule is COCC1=C(C(=O)OC)[C@H](c2ccc(F)c(F)c2)N(C(=O)Oc2ccc(C)cc2)C(=O)N1.Cc1ccc(OC(=O)N2C(=O)OC[C@@H]2c2ccc(F)c(F)c2)cc1.[C-]#[N+]c1ccccc1N1CCC(N2CCCC(NC(=O)Cc3ccc(F)c(F)c3)C2)CC1. The molecule has 88 heavy (non-hydrogen) atoms. The molecule has 3 atom stereocenters. The molecule has 10 rings (SSSR count). The summed E-state index contributed by atoms with van der Waals surface area (Å²) in [7, 11) is 2.44. The second-order valence-corrected chi connectivity index (χ2v) is 20.8. The molecule has 0 spiro atoms. The Hall–Kier alpha value is -9.73. The number of benzene rings is 6. The minimum atomic E-state index is -1.46. The molecule has 6 aromatic carbocycles. The molecule has 4 aliphatic rings. The quantitative estimate of drug-likeness (QED) is 0.0669. The Bertz CT molecular complexity index is 3620. The lowest BCUT2D eigenvalue weighted by Crippen LogP contribution is -2.53. The van der Waals surface area contributed by atoms with Gasteiger partial charge in [0.15, 0.2) is 34.9 Å². The second-order valence-electron chi connectivity index (χ2n) is 20.8. The summed E-state index contributed by atoms with van der Waals surface area (Å²) < 4.78 is 106. The van der Waals surface area contributed by atoms with Crippen LogP contribution in [0.3, 0.4) is 0 Å². The molecule has 6 aromatic rings. The van der Waals surface area contributed by atoms with Crippen LogP contribution in [0.1, 0.15) is 65.6 Å². The number of likely N-dealkylation sites (tertiary alicyclic amines) is 1. The number of anilines is 1. The van der Waals surface area contributed by atoms with E-state index in [1.807, 2.05) is 38.1 Å². The highest BCUT2D eigenvalue weighted by atomic mass is 19.2. The summed E-state index contributed by atoms with van der Waals surface area (Å²) in [6, 6.07) is 27.6. The number of hydrogen-bond donors (Lipinski definition) is 2. The number of nitrogens with zero attached hydrogens (tertiary/aromatic N) is 5. The Morgan fingerprint density at radius 3 is 1.83 bits per heavy atom. The first-order valence-corrected chi connectivity index (χ1v) is 27.8. The van der Waals surface area contributed by atoms with Gasteiger partial charge in [0.25, 0.3) is 0 Å². The number of aryl methyl sites for hydroxylation is 2. The van der Waals surface area contributed by atoms with Gasteiger partial charge in [-0.1, -0.05) is 71.8 Å². The van der Waals surface area contributed by atoms with Gasteiger partial charge < -0.3 is 39.2 Å². The number of rotatable bonds is 12. The predicted molar refractivity (Wildman–Crippen MR) is 308 cm³/mol. The topological polar surface area (TPSA) is 190 Å². The predicted octanol–water partition coefficient (Wildman–Crippen LogP) is 11.9. The lowest BCUT2D eigenvalue weighted by molar-refractivity contribution is -0.137. The Morgan fingerprint density at radius 1 is 0.682 bits per heavy atom. The molecule has 1 unspecified atom stereocenters. The van der Waals surface area contributed by atoms with Gasteiger partial charge in [0.2, 0.25) is 11.6 Å². The van der Waals surface area contributed by atoms with E-state index in [1.54, 1.807) is 36.4 Å². The molecule has 4 aliphatic heterocycles. The molecule has 3 saturated heterocycles. The number of urea groups is 1. The first-order chi connectivity index (χ1) is 42.2. The van der Waals surface area contributed by atoms with E-state index in [-0.39, 0.29) is 65.5 Å². The van der Waals surface area contributed by atoms with Crippen LogP contribution in [-0.2, 0) is 30.2 Å². The van der Waals surface area contributed by atoms with Gasteiger partial charge >= 0.3 is 30.3 Å². The number of esters is 1. The molecule has 0 saturated carbocycles. The Morgan fingerprint density at radius 2 is 1.25 bits per heavy atom. The smallest absolute Gasteiger partial charge is 0.425 e. The number of ether oxygens (including phenoxy) is 5. The molecule has 6 amide bonds. The van der Waals surface area contributed by atoms with Gasteiger partial charge in [-0.25, -0.2) is 65.0 Å². The van der Waals surface area contributed by atoms with Crippen molar-refractivity contribution in [2.24, 2.45) is 0 Å². The number of methoxy groups -OCH3 is 2. The summed E-state index contributed by atoms with van der Waals surface area (Å²) in [4.78, 5) is 84.8. The Labute approximate surface area is 503 Å². The van der Waals surface area contributed by atoms with Gasteiger partial charge in [-0.15, -0.1) is 0 Å². The van der Waals surface area contributed by atoms with Gasteiger partial charge in [-0.3, -0.25) is 9.69 Å². The molecule has 18 nitrogen and oxygen atoms in total. The van der Waals surface area contributed by atoms with Crippen molar-refractivity contribution in [3.63, 3.8) is 0 Å². The zero-order valence-corrected chi connectivity index (χ0v) is 48.2. The van der Waals surface area contributed by atoms with E-state index in [9.17, 15) is 55.1 Å². The summed E-state index contributed by atoms with van der Waals surface area (Å²) in [5.74, 6) is -6.94. The lowest BCUT2D eigenvalue weighted by atomic mass is 9.93. The van der Waals surface area contributed by atoms with Crippen LogP contribution in [0.5, 0.6) is 11.5 Å². The van der Waals surface area contributed by atoms with Crippen molar-refractivity contribution in [2.45, 2.75) is 70.1 Å². The van der Waals surface area contributed by atoms with Gasteiger partial charge in [-0.2, -0.15) is 0 Å². The van der Waals surface area contributed by atoms with Crippen LogP contribution >= 0.6 is 0 Å². The highest BCUT2D eigenvalue weighted by Gasteiger charge is 2.45. The average Bonchev–Trinajstić information content (AvgIpc) is 1.07. The Kier molecular flexibility index (Phi) is 21.6. The third-order valence-corrected chi connectivity index (χ3v) is 14.8. The van der Waals surface area contributed by atoms with Crippen LogP contribution in [0, 0.1) is 55.3 Å². The number of piperidine rings is 2. The van der Waals surface area contributed by atoms with Gasteiger partial charge in [0.05, 0.1) is 38.0 Å². The van der Waals surface area contributed by atoms with E-state index in [0.717, 1.165) is 123 Å². The molecule has 4 heterocycles. The minimum Gasteiger partial charge on any atom is -0.466 e. The van der Waals surface area contributed by atoms with E-state index in [1.165, 1.54) is 31.4 Å². The molecule has 0 bridgehead atoms. The molecule has 0 aliphatic carbocycles. The monoisotopic (exact) mass is 1220 g/mol. The first kappa shape index (κ1) is 64.3. The maximum Gasteiger partial charge on any atom is 0.425 e. The fourth-order valence-corrected chi connectivity index (χ4v) is 10.4. The molecule has 0 aromatic heterocycles. The van der Waals surface area contributed by atoms with Crippen molar-refractivity contribution in [2.75, 3.05) is 58.5 Å². The molecule has 3 fully saturated rings. The van der Waals surface area contributed by atoms with E-state index < -0.39 is 77.3 Å². The summed E-state index contributed by atoms with van der Waals surface area (Å²) in [5.41, 5.74) is 4.10. The molecular formula is C64H61F6N7O11. The molecule has 24 heteroatoms. The third-order valence-electron chi connectivity index (χ3n) is 14.8. The summed E-state index contributed by atoms with van der Waals surface area (Å²) >= 11 is 0. The molecule has 460 valence electrons. The highest BCUT2D eigenvalue weighted by molar-refractivity contribution is 6.01. The average molecular weight is 1220 g/mol. The number of nitrogens with one attached hydrogen (secondary N) is 2. The van der Waals surface area contributed by atoms with Crippen LogP contribution < -0.4 is 25.0 Å². The maximum absolute atomic E-state index is 14.0. The van der Waals surface area contributed by atoms with Crippen LogP contribution in [-0.4, -0.2) is 117 Å². The number of hydrogen-bond acceptors (Lipinski definition) is 13. The molecule has 2 N–H and O–H groups in total. The standard InChI is InChI=1S/C25H28F2N4O.C22H20F2N2O6.C17H13F2NO4/c1-28-23-6-2-3-7-24(23)30-13-10-20(11-14-30)31-12-4-5-19(17-31)29-25(32)16-18-8-9-21(26)22(27)15-18;1-12-4-7-14(8-5-12)32-22(29)26-19(13-6-9-15(23)16(24)10-13)18(20(27)31-3)17(11-30-2)25-21(26)28;1-10-2-5-12(6-3-10)24-17(22)20-15(9-23-16(20)21)11-4-7-13(18)14(19)8-11/h2-3,6-9,15,19-20H,4-5,10-14,16-17H2,(H,29,32);4-10,19H,11H2,1-3H3,(H,25,28);2-8,15H,9H2,1H3/t;19-;15-/m.01/s1. The highest BCUT2D eigenvalue weighted by Crippen LogP contribution is 2.37. The zero-order chi connectivity index (χ0) is 63.2. The number of amides is 6. The van der Waals surface area contributed by atoms with Crippen molar-refractivity contribution >= 4 is 47.6 Å².